The fourth-order valence-corrected chi connectivity index (χ4v) is 2.79. The molecule has 0 bridgehead atoms. The standard InChI is InChI=1S/C17H14BrNO2/c1-10-3-6-16(21-2)13(7-10)17(20)14-9-19-15-8-11(18)4-5-12(14)15/h3-9,19H,1-2H3. The van der Waals surface area contributed by atoms with Crippen molar-refractivity contribution >= 4 is 32.6 Å². The first-order valence-corrected chi connectivity index (χ1v) is 7.35. The zero-order valence-electron chi connectivity index (χ0n) is 11.7. The summed E-state index contributed by atoms with van der Waals surface area (Å²) in [6, 6.07) is 11.4. The molecule has 4 heteroatoms. The van der Waals surface area contributed by atoms with E-state index in [4.69, 9.17) is 4.74 Å². The number of halogens is 1. The molecule has 0 spiro atoms. The Morgan fingerprint density at radius 1 is 1.14 bits per heavy atom. The Labute approximate surface area is 131 Å². The summed E-state index contributed by atoms with van der Waals surface area (Å²) in [5.74, 6) is 0.557. The van der Waals surface area contributed by atoms with Crippen LogP contribution in [0.3, 0.4) is 0 Å². The van der Waals surface area contributed by atoms with E-state index in [1.165, 1.54) is 0 Å². The van der Waals surface area contributed by atoms with Gasteiger partial charge in [-0.3, -0.25) is 4.79 Å². The van der Waals surface area contributed by atoms with Crippen LogP contribution in [0.1, 0.15) is 21.5 Å². The molecule has 3 aromatic rings. The van der Waals surface area contributed by atoms with Crippen LogP contribution in [0.2, 0.25) is 0 Å². The Balaban J connectivity index is 2.15. The topological polar surface area (TPSA) is 42.1 Å². The second kappa shape index (κ2) is 5.37. The predicted octanol–water partition coefficient (Wildman–Crippen LogP) is 4.48. The van der Waals surface area contributed by atoms with E-state index in [1.54, 1.807) is 13.3 Å². The lowest BCUT2D eigenvalue weighted by molar-refractivity contribution is 0.103. The van der Waals surface area contributed by atoms with Gasteiger partial charge in [-0.25, -0.2) is 0 Å². The number of hydrogen-bond donors (Lipinski definition) is 1. The monoisotopic (exact) mass is 343 g/mol. The number of benzene rings is 2. The highest BCUT2D eigenvalue weighted by Crippen LogP contribution is 2.28. The summed E-state index contributed by atoms with van der Waals surface area (Å²) in [5.41, 5.74) is 3.20. The van der Waals surface area contributed by atoms with Crippen molar-refractivity contribution in [2.24, 2.45) is 0 Å². The van der Waals surface area contributed by atoms with Gasteiger partial charge in [-0.05, 0) is 31.2 Å². The average molecular weight is 344 g/mol. The first-order valence-electron chi connectivity index (χ1n) is 6.56. The van der Waals surface area contributed by atoms with Gasteiger partial charge >= 0.3 is 0 Å². The second-order valence-corrected chi connectivity index (χ2v) is 5.84. The molecular formula is C17H14BrNO2. The molecule has 1 N–H and O–H groups in total. The third kappa shape index (κ3) is 2.47. The van der Waals surface area contributed by atoms with Crippen molar-refractivity contribution in [3.05, 3.63) is 63.8 Å². The highest BCUT2D eigenvalue weighted by Gasteiger charge is 2.18. The zero-order valence-corrected chi connectivity index (χ0v) is 13.3. The van der Waals surface area contributed by atoms with Gasteiger partial charge < -0.3 is 9.72 Å². The van der Waals surface area contributed by atoms with E-state index >= 15 is 0 Å². The molecule has 0 unspecified atom stereocenters. The van der Waals surface area contributed by atoms with Crippen LogP contribution in [-0.2, 0) is 0 Å². The molecular weight excluding hydrogens is 330 g/mol. The number of methoxy groups -OCH3 is 1. The number of aromatic amines is 1. The van der Waals surface area contributed by atoms with Crippen molar-refractivity contribution < 1.29 is 9.53 Å². The van der Waals surface area contributed by atoms with Crippen molar-refractivity contribution in [1.29, 1.82) is 0 Å². The van der Waals surface area contributed by atoms with E-state index in [-0.39, 0.29) is 5.78 Å². The maximum atomic E-state index is 12.8. The lowest BCUT2D eigenvalue weighted by atomic mass is 10.00. The van der Waals surface area contributed by atoms with Gasteiger partial charge in [-0.15, -0.1) is 0 Å². The molecule has 106 valence electrons. The Kier molecular flexibility index (Phi) is 3.55. The number of aryl methyl sites for hydroxylation is 1. The van der Waals surface area contributed by atoms with Crippen LogP contribution in [-0.4, -0.2) is 17.9 Å². The fourth-order valence-electron chi connectivity index (χ4n) is 2.43. The number of rotatable bonds is 3. The van der Waals surface area contributed by atoms with Crippen molar-refractivity contribution in [2.45, 2.75) is 6.92 Å². The summed E-state index contributed by atoms with van der Waals surface area (Å²) in [4.78, 5) is 16.0. The molecule has 0 radical (unpaired) electrons. The van der Waals surface area contributed by atoms with Crippen LogP contribution in [0.4, 0.5) is 0 Å². The smallest absolute Gasteiger partial charge is 0.198 e. The minimum atomic E-state index is -0.0378. The van der Waals surface area contributed by atoms with Gasteiger partial charge in [0.1, 0.15) is 5.75 Å². The van der Waals surface area contributed by atoms with E-state index in [1.807, 2.05) is 43.3 Å². The molecule has 3 rings (SSSR count). The van der Waals surface area contributed by atoms with Gasteiger partial charge in [0, 0.05) is 27.1 Å². The normalized spacial score (nSPS) is 10.8. The van der Waals surface area contributed by atoms with Crippen LogP contribution in [0, 0.1) is 6.92 Å². The van der Waals surface area contributed by atoms with Crippen molar-refractivity contribution in [3.63, 3.8) is 0 Å². The van der Waals surface area contributed by atoms with Gasteiger partial charge in [-0.1, -0.05) is 33.6 Å². The Hall–Kier alpha value is -2.07. The van der Waals surface area contributed by atoms with Crippen molar-refractivity contribution in [1.82, 2.24) is 4.98 Å². The summed E-state index contributed by atoms with van der Waals surface area (Å²) >= 11 is 3.43. The maximum Gasteiger partial charge on any atom is 0.198 e. The van der Waals surface area contributed by atoms with Crippen LogP contribution in [0.25, 0.3) is 10.9 Å². The molecule has 3 nitrogen and oxygen atoms in total. The summed E-state index contributed by atoms with van der Waals surface area (Å²) in [6.45, 7) is 1.96. The average Bonchev–Trinajstić information content (AvgIpc) is 2.89. The first-order chi connectivity index (χ1) is 10.1. The number of ketones is 1. The number of H-pyrrole nitrogens is 1. The van der Waals surface area contributed by atoms with Gasteiger partial charge in [0.05, 0.1) is 12.7 Å². The first kappa shape index (κ1) is 13.9. The van der Waals surface area contributed by atoms with Crippen molar-refractivity contribution in [2.75, 3.05) is 7.11 Å². The fraction of sp³-hybridized carbons (Fsp3) is 0.118. The third-order valence-electron chi connectivity index (χ3n) is 3.49. The molecule has 0 amide bonds. The van der Waals surface area contributed by atoms with E-state index in [9.17, 15) is 4.79 Å². The molecule has 1 aromatic heterocycles. The molecule has 2 aromatic carbocycles. The predicted molar refractivity (Wildman–Crippen MR) is 87.2 cm³/mol. The molecule has 1 heterocycles. The minimum Gasteiger partial charge on any atom is -0.496 e. The van der Waals surface area contributed by atoms with Crippen LogP contribution >= 0.6 is 15.9 Å². The second-order valence-electron chi connectivity index (χ2n) is 4.93. The maximum absolute atomic E-state index is 12.8. The summed E-state index contributed by atoms with van der Waals surface area (Å²) < 4.78 is 6.29. The molecule has 0 atom stereocenters. The van der Waals surface area contributed by atoms with Gasteiger partial charge in [0.15, 0.2) is 5.78 Å². The lowest BCUT2D eigenvalue weighted by Crippen LogP contribution is -2.03. The number of carbonyl (C=O) groups is 1. The van der Waals surface area contributed by atoms with Crippen LogP contribution < -0.4 is 4.74 Å². The molecule has 0 saturated carbocycles. The molecule has 0 aliphatic carbocycles. The number of nitrogens with one attached hydrogen (secondary N) is 1. The summed E-state index contributed by atoms with van der Waals surface area (Å²) in [7, 11) is 1.58. The van der Waals surface area contributed by atoms with Crippen LogP contribution in [0.15, 0.2) is 47.1 Å². The Morgan fingerprint density at radius 2 is 1.95 bits per heavy atom. The number of aromatic nitrogens is 1. The number of carbonyl (C=O) groups excluding carboxylic acids is 1. The summed E-state index contributed by atoms with van der Waals surface area (Å²) in [6.07, 6.45) is 1.75. The third-order valence-corrected chi connectivity index (χ3v) is 3.98. The van der Waals surface area contributed by atoms with Gasteiger partial charge in [0.2, 0.25) is 0 Å². The molecule has 0 aliphatic rings. The zero-order chi connectivity index (χ0) is 15.0. The molecule has 0 saturated heterocycles. The van der Waals surface area contributed by atoms with E-state index in [0.29, 0.717) is 16.9 Å². The molecule has 0 fully saturated rings. The lowest BCUT2D eigenvalue weighted by Gasteiger charge is -2.08. The largest absolute Gasteiger partial charge is 0.496 e. The molecule has 0 aliphatic heterocycles. The van der Waals surface area contributed by atoms with E-state index in [0.717, 1.165) is 20.9 Å². The minimum absolute atomic E-state index is 0.0378. The Bertz CT molecular complexity index is 836. The highest BCUT2D eigenvalue weighted by molar-refractivity contribution is 9.10. The quantitative estimate of drug-likeness (QED) is 0.712. The molecule has 21 heavy (non-hydrogen) atoms. The Morgan fingerprint density at radius 3 is 2.71 bits per heavy atom. The van der Waals surface area contributed by atoms with Gasteiger partial charge in [0.25, 0.3) is 0 Å². The summed E-state index contributed by atoms with van der Waals surface area (Å²) in [5, 5.41) is 0.909. The van der Waals surface area contributed by atoms with E-state index < -0.39 is 0 Å². The number of ether oxygens (including phenoxy) is 1. The van der Waals surface area contributed by atoms with Gasteiger partial charge in [-0.2, -0.15) is 0 Å². The van der Waals surface area contributed by atoms with Crippen LogP contribution in [0.5, 0.6) is 5.75 Å². The number of fused-ring (bicyclic) bond motifs is 1. The van der Waals surface area contributed by atoms with Crippen molar-refractivity contribution in [3.8, 4) is 5.75 Å². The highest BCUT2D eigenvalue weighted by atomic mass is 79.9. The number of hydrogen-bond acceptors (Lipinski definition) is 2. The SMILES string of the molecule is COc1ccc(C)cc1C(=O)c1c[nH]c2cc(Br)ccc12. The van der Waals surface area contributed by atoms with E-state index in [2.05, 4.69) is 20.9 Å².